The molecule has 7 nitrogen and oxygen atoms in total. The van der Waals surface area contributed by atoms with Crippen LogP contribution in [0.1, 0.15) is 27.7 Å². The normalized spacial score (nSPS) is 34.3. The molecule has 1 saturated heterocycles. The van der Waals surface area contributed by atoms with Crippen LogP contribution in [0.3, 0.4) is 0 Å². The summed E-state index contributed by atoms with van der Waals surface area (Å²) in [5.41, 5.74) is 0. The summed E-state index contributed by atoms with van der Waals surface area (Å²) in [4.78, 5) is 35.5. The van der Waals surface area contributed by atoms with Crippen LogP contribution < -0.4 is 21.3 Å². The van der Waals surface area contributed by atoms with Crippen molar-refractivity contribution in [3.63, 3.8) is 0 Å². The van der Waals surface area contributed by atoms with Crippen LogP contribution in [0.4, 0.5) is 0 Å². The van der Waals surface area contributed by atoms with Gasteiger partial charge in [-0.1, -0.05) is 13.8 Å². The molecule has 0 aromatic carbocycles. The van der Waals surface area contributed by atoms with Gasteiger partial charge in [-0.15, -0.1) is 23.5 Å². The molecule has 4 N–H and O–H groups in total. The minimum absolute atomic E-state index is 0.0515. The van der Waals surface area contributed by atoms with E-state index in [4.69, 9.17) is 0 Å². The van der Waals surface area contributed by atoms with Gasteiger partial charge in [0.2, 0.25) is 17.7 Å². The lowest BCUT2D eigenvalue weighted by Gasteiger charge is -2.19. The zero-order chi connectivity index (χ0) is 20.1. The minimum Gasteiger partial charge on any atom is -0.355 e. The third-order valence-corrected chi connectivity index (χ3v) is 7.23. The molecule has 1 fully saturated rings. The molecule has 0 saturated carbocycles. The second-order valence-electron chi connectivity index (χ2n) is 7.29. The maximum atomic E-state index is 12.1. The average molecular weight is 413 g/mol. The van der Waals surface area contributed by atoms with Crippen molar-refractivity contribution in [1.82, 2.24) is 21.3 Å². The van der Waals surface area contributed by atoms with Gasteiger partial charge in [-0.2, -0.15) is 0 Å². The molecule has 2 unspecified atom stereocenters. The number of carbonyl (C=O) groups is 3. The van der Waals surface area contributed by atoms with Crippen LogP contribution in [0.25, 0.3) is 0 Å². The Bertz CT molecular complexity index is 611. The Morgan fingerprint density at radius 1 is 1.11 bits per heavy atom. The fraction of sp³-hybridized carbons (Fsp3) is 0.611. The van der Waals surface area contributed by atoms with Crippen molar-refractivity contribution in [2.45, 2.75) is 37.4 Å². The van der Waals surface area contributed by atoms with Gasteiger partial charge in [-0.05, 0) is 24.7 Å². The maximum absolute atomic E-state index is 12.1. The maximum Gasteiger partial charge on any atom is 0.244 e. The first-order chi connectivity index (χ1) is 12.7. The van der Waals surface area contributed by atoms with Crippen LogP contribution in [0, 0.1) is 11.8 Å². The van der Waals surface area contributed by atoms with Gasteiger partial charge in [0.05, 0.1) is 9.74 Å². The summed E-state index contributed by atoms with van der Waals surface area (Å²) in [5, 5.41) is 15.5. The van der Waals surface area contributed by atoms with Crippen molar-refractivity contribution < 1.29 is 14.4 Å². The third-order valence-electron chi connectivity index (χ3n) is 4.59. The molecule has 2 atom stereocenters. The number of hydrogen-bond acceptors (Lipinski definition) is 6. The zero-order valence-electron chi connectivity index (χ0n) is 16.1. The number of hydrogen-bond donors (Lipinski definition) is 4. The van der Waals surface area contributed by atoms with Gasteiger partial charge >= 0.3 is 0 Å². The van der Waals surface area contributed by atoms with Crippen molar-refractivity contribution in [2.75, 3.05) is 19.6 Å². The lowest BCUT2D eigenvalue weighted by atomic mass is 10.1. The molecular weight excluding hydrogens is 384 g/mol. The molecular formula is C18H28N4O3S2. The first-order valence-electron chi connectivity index (χ1n) is 8.96. The van der Waals surface area contributed by atoms with Crippen molar-refractivity contribution in [2.24, 2.45) is 11.8 Å². The Balaban J connectivity index is 2.01. The SMILES string of the molecule is CC(C)C(=O)NCC1CNC(=O)/C=C/SC2(C)NC2(C)S/C=C/C(=O)NC1. The van der Waals surface area contributed by atoms with Crippen LogP contribution in [0.15, 0.2) is 23.0 Å². The van der Waals surface area contributed by atoms with Gasteiger partial charge in [-0.3, -0.25) is 19.7 Å². The quantitative estimate of drug-likeness (QED) is 0.518. The van der Waals surface area contributed by atoms with E-state index in [1.807, 2.05) is 13.8 Å². The van der Waals surface area contributed by atoms with E-state index in [2.05, 4.69) is 35.1 Å². The summed E-state index contributed by atoms with van der Waals surface area (Å²) in [6.07, 6.45) is 3.03. The van der Waals surface area contributed by atoms with E-state index in [0.29, 0.717) is 19.6 Å². The Labute approximate surface area is 168 Å². The first-order valence-corrected chi connectivity index (χ1v) is 10.7. The fourth-order valence-corrected chi connectivity index (χ4v) is 4.70. The van der Waals surface area contributed by atoms with E-state index in [9.17, 15) is 14.4 Å². The van der Waals surface area contributed by atoms with Crippen LogP contribution in [-0.4, -0.2) is 47.1 Å². The highest BCUT2D eigenvalue weighted by atomic mass is 32.2. The van der Waals surface area contributed by atoms with Gasteiger partial charge < -0.3 is 16.0 Å². The largest absolute Gasteiger partial charge is 0.355 e. The highest BCUT2D eigenvalue weighted by Gasteiger charge is 2.61. The van der Waals surface area contributed by atoms with Gasteiger partial charge in [-0.25, -0.2) is 0 Å². The monoisotopic (exact) mass is 412 g/mol. The highest BCUT2D eigenvalue weighted by Crippen LogP contribution is 2.54. The summed E-state index contributed by atoms with van der Waals surface area (Å²) >= 11 is 3.08. The van der Waals surface area contributed by atoms with Gasteiger partial charge in [0, 0.05) is 43.6 Å². The molecule has 0 aromatic rings. The predicted molar refractivity (Wildman–Crippen MR) is 111 cm³/mol. The van der Waals surface area contributed by atoms with Crippen LogP contribution in [-0.2, 0) is 14.4 Å². The number of amides is 3. The molecule has 9 heteroatoms. The summed E-state index contributed by atoms with van der Waals surface area (Å²) in [7, 11) is 0. The molecule has 0 aliphatic carbocycles. The molecule has 0 aromatic heterocycles. The highest BCUT2D eigenvalue weighted by molar-refractivity contribution is 8.08. The van der Waals surface area contributed by atoms with Crippen molar-refractivity contribution in [3.8, 4) is 0 Å². The first kappa shape index (κ1) is 21.8. The second kappa shape index (κ2) is 9.16. The Hall–Kier alpha value is -1.45. The zero-order valence-corrected chi connectivity index (χ0v) is 17.8. The van der Waals surface area contributed by atoms with Gasteiger partial charge in [0.15, 0.2) is 0 Å². The average Bonchev–Trinajstić information content (AvgIpc) is 3.13. The molecule has 2 aliphatic heterocycles. The minimum atomic E-state index is -0.195. The van der Waals surface area contributed by atoms with Crippen LogP contribution in [0.5, 0.6) is 0 Å². The van der Waals surface area contributed by atoms with Crippen LogP contribution in [0.2, 0.25) is 0 Å². The lowest BCUT2D eigenvalue weighted by molar-refractivity contribution is -0.124. The topological polar surface area (TPSA) is 109 Å². The lowest BCUT2D eigenvalue weighted by Crippen LogP contribution is -2.42. The number of fused-ring (bicyclic) bond motifs is 1. The molecule has 2 heterocycles. The fourth-order valence-electron chi connectivity index (χ4n) is 2.44. The number of nitrogens with one attached hydrogen (secondary N) is 4. The van der Waals surface area contributed by atoms with E-state index in [-0.39, 0.29) is 39.3 Å². The summed E-state index contributed by atoms with van der Waals surface area (Å²) in [6.45, 7) is 8.87. The summed E-state index contributed by atoms with van der Waals surface area (Å²) in [5.74, 6) is -0.650. The predicted octanol–water partition coefficient (Wildman–Crippen LogP) is 1.15. The van der Waals surface area contributed by atoms with Crippen molar-refractivity contribution in [1.29, 1.82) is 0 Å². The molecule has 3 amide bonds. The van der Waals surface area contributed by atoms with E-state index < -0.39 is 0 Å². The summed E-state index contributed by atoms with van der Waals surface area (Å²) < 4.78 is 0. The van der Waals surface area contributed by atoms with E-state index in [1.165, 1.54) is 12.2 Å². The number of rotatable bonds is 3. The van der Waals surface area contributed by atoms with E-state index in [0.717, 1.165) is 0 Å². The van der Waals surface area contributed by atoms with Crippen molar-refractivity contribution in [3.05, 3.63) is 23.0 Å². The van der Waals surface area contributed by atoms with E-state index >= 15 is 0 Å². The molecule has 150 valence electrons. The van der Waals surface area contributed by atoms with Crippen molar-refractivity contribution >= 4 is 41.2 Å². The number of thioether (sulfide) groups is 2. The second-order valence-corrected chi connectivity index (χ2v) is 9.94. The Kier molecular flexibility index (Phi) is 7.41. The Morgan fingerprint density at radius 3 is 2.04 bits per heavy atom. The Morgan fingerprint density at radius 2 is 1.59 bits per heavy atom. The van der Waals surface area contributed by atoms with Gasteiger partial charge in [0.25, 0.3) is 0 Å². The molecule has 0 spiro atoms. The molecule has 0 bridgehead atoms. The third kappa shape index (κ3) is 6.29. The molecule has 0 radical (unpaired) electrons. The standard InChI is InChI=1S/C18H28N4O3S2/c1-12(2)16(25)21-11-13-9-19-14(23)5-7-26-17(3)18(4,22-17)27-8-6-15(24)20-10-13/h5-8,12-13,22H,9-11H2,1-4H3,(H,19,23)(H,20,24)(H,21,25)/b7-5+,8-6+. The van der Waals surface area contributed by atoms with Gasteiger partial charge in [0.1, 0.15) is 0 Å². The summed E-state index contributed by atoms with van der Waals surface area (Å²) in [6, 6.07) is 0. The molecule has 27 heavy (non-hydrogen) atoms. The smallest absolute Gasteiger partial charge is 0.244 e. The number of carbonyl (C=O) groups excluding carboxylic acids is 3. The van der Waals surface area contributed by atoms with Crippen LogP contribution >= 0.6 is 23.5 Å². The van der Waals surface area contributed by atoms with E-state index in [1.54, 1.807) is 34.3 Å². The molecule has 2 aliphatic rings. The molecule has 2 rings (SSSR count).